The molecular weight excluding hydrogens is 222 g/mol. The van der Waals surface area contributed by atoms with E-state index in [9.17, 15) is 4.79 Å². The number of hydrogen-bond donors (Lipinski definition) is 1. The number of nitrogens with one attached hydrogen (secondary N) is 1. The molecule has 0 saturated carbocycles. The number of nitrogens with zero attached hydrogens (tertiary/aromatic N) is 2. The van der Waals surface area contributed by atoms with E-state index < -0.39 is 5.41 Å². The predicted octanol–water partition coefficient (Wildman–Crippen LogP) is 2.01. The lowest BCUT2D eigenvalue weighted by Gasteiger charge is -2.17. The molecule has 0 fully saturated rings. The minimum Gasteiger partial charge on any atom is -0.348 e. The first-order valence-corrected chi connectivity index (χ1v) is 6.00. The van der Waals surface area contributed by atoms with E-state index in [1.807, 2.05) is 25.3 Å². The second-order valence-electron chi connectivity index (χ2n) is 3.86. The van der Waals surface area contributed by atoms with Gasteiger partial charge in [-0.15, -0.1) is 11.3 Å². The molecule has 4 nitrogen and oxygen atoms in total. The number of thiazole rings is 1. The van der Waals surface area contributed by atoms with Crippen molar-refractivity contribution in [3.8, 4) is 6.07 Å². The van der Waals surface area contributed by atoms with E-state index in [4.69, 9.17) is 5.26 Å². The summed E-state index contributed by atoms with van der Waals surface area (Å²) in [7, 11) is 0. The van der Waals surface area contributed by atoms with Gasteiger partial charge >= 0.3 is 0 Å². The van der Waals surface area contributed by atoms with E-state index in [2.05, 4.69) is 10.3 Å². The topological polar surface area (TPSA) is 65.8 Å². The molecule has 0 aliphatic rings. The van der Waals surface area contributed by atoms with Gasteiger partial charge in [0, 0.05) is 11.1 Å². The molecule has 0 aliphatic heterocycles. The molecule has 1 unspecified atom stereocenters. The highest BCUT2D eigenvalue weighted by molar-refractivity contribution is 7.09. The van der Waals surface area contributed by atoms with Crippen molar-refractivity contribution in [1.29, 1.82) is 5.26 Å². The molecule has 1 N–H and O–H groups in total. The van der Waals surface area contributed by atoms with Crippen LogP contribution in [0, 0.1) is 23.7 Å². The van der Waals surface area contributed by atoms with Gasteiger partial charge in [-0.25, -0.2) is 4.98 Å². The quantitative estimate of drug-likeness (QED) is 0.871. The van der Waals surface area contributed by atoms with Crippen molar-refractivity contribution in [3.05, 3.63) is 16.1 Å². The number of hydrogen-bond acceptors (Lipinski definition) is 4. The molecule has 1 amide bonds. The van der Waals surface area contributed by atoms with Crippen LogP contribution in [0.1, 0.15) is 31.0 Å². The van der Waals surface area contributed by atoms with Gasteiger partial charge in [0.1, 0.15) is 10.4 Å². The lowest BCUT2D eigenvalue weighted by Crippen LogP contribution is -2.37. The number of rotatable bonds is 4. The summed E-state index contributed by atoms with van der Waals surface area (Å²) < 4.78 is 0. The summed E-state index contributed by atoms with van der Waals surface area (Å²) in [6.45, 7) is 5.79. The van der Waals surface area contributed by atoms with Crippen LogP contribution in [0.4, 0.5) is 0 Å². The molecule has 16 heavy (non-hydrogen) atoms. The third-order valence-electron chi connectivity index (χ3n) is 2.52. The van der Waals surface area contributed by atoms with Crippen molar-refractivity contribution < 1.29 is 4.79 Å². The number of aryl methyl sites for hydroxylation is 1. The smallest absolute Gasteiger partial charge is 0.240 e. The van der Waals surface area contributed by atoms with Gasteiger partial charge in [0.05, 0.1) is 12.6 Å². The zero-order chi connectivity index (χ0) is 12.2. The van der Waals surface area contributed by atoms with Gasteiger partial charge < -0.3 is 5.32 Å². The fourth-order valence-electron chi connectivity index (χ4n) is 1.13. The van der Waals surface area contributed by atoms with Crippen molar-refractivity contribution in [2.45, 2.75) is 33.7 Å². The van der Waals surface area contributed by atoms with E-state index in [0.717, 1.165) is 10.7 Å². The van der Waals surface area contributed by atoms with Crippen LogP contribution in [0.2, 0.25) is 0 Å². The average Bonchev–Trinajstić information content (AvgIpc) is 2.70. The highest BCUT2D eigenvalue weighted by atomic mass is 32.1. The molecule has 1 aromatic rings. The van der Waals surface area contributed by atoms with Crippen LogP contribution >= 0.6 is 11.3 Å². The van der Waals surface area contributed by atoms with Crippen LogP contribution in [-0.4, -0.2) is 10.9 Å². The predicted molar refractivity (Wildman–Crippen MR) is 62.7 cm³/mol. The maximum atomic E-state index is 11.8. The fourth-order valence-corrected chi connectivity index (χ4v) is 1.84. The van der Waals surface area contributed by atoms with Crippen molar-refractivity contribution in [2.75, 3.05) is 0 Å². The molecule has 1 heterocycles. The van der Waals surface area contributed by atoms with E-state index in [1.165, 1.54) is 11.3 Å². The zero-order valence-corrected chi connectivity index (χ0v) is 10.5. The Morgan fingerprint density at radius 1 is 1.75 bits per heavy atom. The second kappa shape index (κ2) is 5.08. The Kier molecular flexibility index (Phi) is 4.02. The third kappa shape index (κ3) is 2.80. The highest BCUT2D eigenvalue weighted by Gasteiger charge is 2.30. The largest absolute Gasteiger partial charge is 0.348 e. The van der Waals surface area contributed by atoms with E-state index in [0.29, 0.717) is 13.0 Å². The molecule has 1 atom stereocenters. The maximum Gasteiger partial charge on any atom is 0.240 e. The van der Waals surface area contributed by atoms with Gasteiger partial charge in [-0.1, -0.05) is 6.92 Å². The van der Waals surface area contributed by atoms with Crippen LogP contribution in [0.5, 0.6) is 0 Å². The molecule has 86 valence electrons. The van der Waals surface area contributed by atoms with Crippen LogP contribution in [0.3, 0.4) is 0 Å². The van der Waals surface area contributed by atoms with Crippen molar-refractivity contribution in [1.82, 2.24) is 10.3 Å². The van der Waals surface area contributed by atoms with E-state index in [1.54, 1.807) is 6.92 Å². The highest BCUT2D eigenvalue weighted by Crippen LogP contribution is 2.20. The van der Waals surface area contributed by atoms with Crippen molar-refractivity contribution in [2.24, 2.45) is 5.41 Å². The number of carbonyl (C=O) groups excluding carboxylic acids is 1. The minimum absolute atomic E-state index is 0.231. The number of amides is 1. The molecule has 0 aliphatic carbocycles. The van der Waals surface area contributed by atoms with Gasteiger partial charge in [0.25, 0.3) is 0 Å². The first kappa shape index (κ1) is 12.7. The van der Waals surface area contributed by atoms with Crippen LogP contribution in [-0.2, 0) is 11.3 Å². The van der Waals surface area contributed by atoms with Gasteiger partial charge in [-0.3, -0.25) is 4.79 Å². The van der Waals surface area contributed by atoms with Crippen LogP contribution < -0.4 is 5.32 Å². The minimum atomic E-state index is -0.938. The summed E-state index contributed by atoms with van der Waals surface area (Å²) in [6.07, 6.45) is 0.506. The third-order valence-corrected chi connectivity index (χ3v) is 3.49. The van der Waals surface area contributed by atoms with Crippen LogP contribution in [0.25, 0.3) is 0 Å². The molecule has 1 rings (SSSR count). The van der Waals surface area contributed by atoms with Gasteiger partial charge in [-0.2, -0.15) is 5.26 Å². The summed E-state index contributed by atoms with van der Waals surface area (Å²) in [5.74, 6) is -0.231. The monoisotopic (exact) mass is 237 g/mol. The molecule has 0 aromatic carbocycles. The number of aromatic nitrogens is 1. The van der Waals surface area contributed by atoms with Gasteiger partial charge in [-0.05, 0) is 20.3 Å². The Balaban J connectivity index is 2.57. The molecule has 5 heteroatoms. The average molecular weight is 237 g/mol. The number of nitriles is 1. The Morgan fingerprint density at radius 3 is 2.88 bits per heavy atom. The zero-order valence-electron chi connectivity index (χ0n) is 9.70. The van der Waals surface area contributed by atoms with E-state index in [-0.39, 0.29) is 5.91 Å². The first-order valence-electron chi connectivity index (χ1n) is 5.12. The maximum absolute atomic E-state index is 11.8. The summed E-state index contributed by atoms with van der Waals surface area (Å²) in [5, 5.41) is 14.5. The van der Waals surface area contributed by atoms with Gasteiger partial charge in [0.15, 0.2) is 0 Å². The summed E-state index contributed by atoms with van der Waals surface area (Å²) in [4.78, 5) is 16.0. The Morgan fingerprint density at radius 2 is 2.44 bits per heavy atom. The SMILES string of the molecule is CCC(C)(C#N)C(=O)NCc1nc(C)cs1. The lowest BCUT2D eigenvalue weighted by atomic mass is 9.88. The van der Waals surface area contributed by atoms with Crippen LogP contribution in [0.15, 0.2) is 5.38 Å². The van der Waals surface area contributed by atoms with Gasteiger partial charge in [0.2, 0.25) is 5.91 Å². The van der Waals surface area contributed by atoms with E-state index >= 15 is 0 Å². The van der Waals surface area contributed by atoms with Crippen molar-refractivity contribution in [3.63, 3.8) is 0 Å². The number of carbonyl (C=O) groups is 1. The lowest BCUT2D eigenvalue weighted by molar-refractivity contribution is -0.127. The molecule has 0 radical (unpaired) electrons. The molecule has 1 aromatic heterocycles. The summed E-state index contributed by atoms with van der Waals surface area (Å²) in [5.41, 5.74) is 0.0135. The molecular formula is C11H15N3OS. The summed E-state index contributed by atoms with van der Waals surface area (Å²) >= 11 is 1.51. The fraction of sp³-hybridized carbons (Fsp3) is 0.545. The Bertz CT molecular complexity index is 421. The Labute approximate surface area is 99.3 Å². The summed E-state index contributed by atoms with van der Waals surface area (Å²) in [6, 6.07) is 2.04. The first-order chi connectivity index (χ1) is 7.51. The normalized spacial score (nSPS) is 13.9. The van der Waals surface area contributed by atoms with Crippen molar-refractivity contribution >= 4 is 17.2 Å². The second-order valence-corrected chi connectivity index (χ2v) is 4.81. The standard InChI is InChI=1S/C11H15N3OS/c1-4-11(3,7-12)10(15)13-5-9-14-8(2)6-16-9/h6H,4-5H2,1-3H3,(H,13,15). The molecule has 0 saturated heterocycles. The Hall–Kier alpha value is -1.41. The molecule has 0 bridgehead atoms. The molecule has 0 spiro atoms.